The third-order valence-electron chi connectivity index (χ3n) is 6.38. The SMILES string of the molecule is CCC1(CC)CN(CCC(C)(C)OC)C2(CCCC2)CN1. The van der Waals surface area contributed by atoms with Crippen molar-refractivity contribution in [3.05, 3.63) is 0 Å². The highest BCUT2D eigenvalue weighted by Gasteiger charge is 2.47. The van der Waals surface area contributed by atoms with Crippen molar-refractivity contribution in [2.75, 3.05) is 26.7 Å². The van der Waals surface area contributed by atoms with Gasteiger partial charge in [0.25, 0.3) is 0 Å². The van der Waals surface area contributed by atoms with E-state index in [1.165, 1.54) is 58.2 Å². The summed E-state index contributed by atoms with van der Waals surface area (Å²) in [7, 11) is 1.84. The van der Waals surface area contributed by atoms with E-state index in [0.717, 1.165) is 6.42 Å². The molecule has 21 heavy (non-hydrogen) atoms. The van der Waals surface area contributed by atoms with Crippen LogP contribution in [0.2, 0.25) is 0 Å². The van der Waals surface area contributed by atoms with Crippen LogP contribution in [0.4, 0.5) is 0 Å². The van der Waals surface area contributed by atoms with Crippen LogP contribution in [0.15, 0.2) is 0 Å². The molecule has 1 N–H and O–H groups in total. The Kier molecular flexibility index (Phi) is 5.38. The summed E-state index contributed by atoms with van der Waals surface area (Å²) in [5, 5.41) is 3.93. The average molecular weight is 296 g/mol. The van der Waals surface area contributed by atoms with Crippen molar-refractivity contribution >= 4 is 0 Å². The number of hydrogen-bond acceptors (Lipinski definition) is 3. The first-order chi connectivity index (χ1) is 9.91. The molecule has 2 rings (SSSR count). The summed E-state index contributed by atoms with van der Waals surface area (Å²) >= 11 is 0. The monoisotopic (exact) mass is 296 g/mol. The Morgan fingerprint density at radius 3 is 2.29 bits per heavy atom. The van der Waals surface area contributed by atoms with Gasteiger partial charge in [-0.3, -0.25) is 4.90 Å². The van der Waals surface area contributed by atoms with Gasteiger partial charge >= 0.3 is 0 Å². The van der Waals surface area contributed by atoms with Gasteiger partial charge in [0.1, 0.15) is 0 Å². The highest BCUT2D eigenvalue weighted by Crippen LogP contribution is 2.40. The molecular weight excluding hydrogens is 260 g/mol. The van der Waals surface area contributed by atoms with Gasteiger partial charge in [0.05, 0.1) is 5.60 Å². The predicted molar refractivity (Wildman–Crippen MR) is 89.8 cm³/mol. The minimum atomic E-state index is -0.00818. The largest absolute Gasteiger partial charge is 0.379 e. The second-order valence-corrected chi connectivity index (χ2v) is 7.91. The molecule has 0 amide bonds. The van der Waals surface area contributed by atoms with Crippen molar-refractivity contribution in [2.24, 2.45) is 0 Å². The van der Waals surface area contributed by atoms with Crippen molar-refractivity contribution in [3.63, 3.8) is 0 Å². The molecule has 3 heteroatoms. The number of piperazine rings is 1. The van der Waals surface area contributed by atoms with Crippen LogP contribution in [0.1, 0.15) is 72.6 Å². The van der Waals surface area contributed by atoms with Crippen LogP contribution < -0.4 is 5.32 Å². The van der Waals surface area contributed by atoms with Gasteiger partial charge in [0, 0.05) is 37.8 Å². The Labute approximate surface area is 131 Å². The van der Waals surface area contributed by atoms with Crippen LogP contribution >= 0.6 is 0 Å². The number of nitrogens with zero attached hydrogens (tertiary/aromatic N) is 1. The lowest BCUT2D eigenvalue weighted by molar-refractivity contribution is -0.0319. The van der Waals surface area contributed by atoms with Gasteiger partial charge in [-0.25, -0.2) is 0 Å². The Bertz CT molecular complexity index is 330. The summed E-state index contributed by atoms with van der Waals surface area (Å²) in [6, 6.07) is 0. The molecule has 1 aliphatic carbocycles. The molecule has 2 aliphatic rings. The fourth-order valence-corrected chi connectivity index (χ4v) is 4.13. The number of methoxy groups -OCH3 is 1. The molecule has 0 unspecified atom stereocenters. The van der Waals surface area contributed by atoms with Crippen molar-refractivity contribution in [2.45, 2.75) is 89.3 Å². The molecule has 1 spiro atoms. The van der Waals surface area contributed by atoms with Gasteiger partial charge in [-0.15, -0.1) is 0 Å². The quantitative estimate of drug-likeness (QED) is 0.811. The van der Waals surface area contributed by atoms with Crippen molar-refractivity contribution in [1.82, 2.24) is 10.2 Å². The Morgan fingerprint density at radius 1 is 1.14 bits per heavy atom. The van der Waals surface area contributed by atoms with Crippen LogP contribution in [0.3, 0.4) is 0 Å². The number of rotatable bonds is 6. The zero-order valence-corrected chi connectivity index (χ0v) is 14.9. The van der Waals surface area contributed by atoms with Gasteiger partial charge in [0.2, 0.25) is 0 Å². The van der Waals surface area contributed by atoms with Crippen LogP contribution in [-0.4, -0.2) is 48.3 Å². The van der Waals surface area contributed by atoms with E-state index in [4.69, 9.17) is 4.74 Å². The lowest BCUT2D eigenvalue weighted by Gasteiger charge is -2.54. The molecule has 0 aromatic carbocycles. The normalized spacial score (nSPS) is 25.6. The van der Waals surface area contributed by atoms with Gasteiger partial charge < -0.3 is 10.1 Å². The fourth-order valence-electron chi connectivity index (χ4n) is 4.13. The number of nitrogens with one attached hydrogen (secondary N) is 1. The van der Waals surface area contributed by atoms with E-state index in [1.807, 2.05) is 7.11 Å². The van der Waals surface area contributed by atoms with E-state index in [0.29, 0.717) is 11.1 Å². The fraction of sp³-hybridized carbons (Fsp3) is 1.00. The number of ether oxygens (including phenoxy) is 1. The van der Waals surface area contributed by atoms with Gasteiger partial charge in [-0.05, 0) is 46.0 Å². The maximum absolute atomic E-state index is 5.64. The van der Waals surface area contributed by atoms with Gasteiger partial charge in [-0.2, -0.15) is 0 Å². The zero-order valence-electron chi connectivity index (χ0n) is 14.9. The Morgan fingerprint density at radius 2 is 1.76 bits per heavy atom. The molecule has 1 heterocycles. The maximum atomic E-state index is 5.64. The average Bonchev–Trinajstić information content (AvgIpc) is 2.97. The minimum Gasteiger partial charge on any atom is -0.379 e. The van der Waals surface area contributed by atoms with Crippen molar-refractivity contribution < 1.29 is 4.74 Å². The lowest BCUT2D eigenvalue weighted by Crippen LogP contribution is -2.69. The smallest absolute Gasteiger partial charge is 0.0634 e. The van der Waals surface area contributed by atoms with E-state index in [2.05, 4.69) is 37.9 Å². The summed E-state index contributed by atoms with van der Waals surface area (Å²) in [5.41, 5.74) is 0.745. The Balaban J connectivity index is 2.10. The third kappa shape index (κ3) is 3.62. The minimum absolute atomic E-state index is 0.00818. The highest BCUT2D eigenvalue weighted by molar-refractivity contribution is 5.06. The second-order valence-electron chi connectivity index (χ2n) is 7.91. The van der Waals surface area contributed by atoms with Gasteiger partial charge in [-0.1, -0.05) is 26.7 Å². The summed E-state index contributed by atoms with van der Waals surface area (Å²) in [6.07, 6.45) is 9.12. The predicted octanol–water partition coefficient (Wildman–Crippen LogP) is 3.58. The van der Waals surface area contributed by atoms with Crippen LogP contribution in [0.25, 0.3) is 0 Å². The van der Waals surface area contributed by atoms with Gasteiger partial charge in [0.15, 0.2) is 0 Å². The van der Waals surface area contributed by atoms with Crippen LogP contribution in [0.5, 0.6) is 0 Å². The number of hydrogen-bond donors (Lipinski definition) is 1. The molecule has 1 aliphatic heterocycles. The molecular formula is C18H36N2O. The molecule has 0 atom stereocenters. The highest BCUT2D eigenvalue weighted by atomic mass is 16.5. The summed E-state index contributed by atoms with van der Waals surface area (Å²) in [5.74, 6) is 0. The first-order valence-corrected chi connectivity index (χ1v) is 8.96. The molecule has 0 aromatic rings. The molecule has 0 radical (unpaired) electrons. The lowest BCUT2D eigenvalue weighted by atomic mass is 9.82. The standard InChI is InChI=1S/C18H36N2O/c1-6-17(7-2)15-20(13-12-16(3,4)21-5)18(14-19-17)10-8-9-11-18/h19H,6-15H2,1-5H3. The zero-order chi connectivity index (χ0) is 15.6. The molecule has 124 valence electrons. The molecule has 1 saturated heterocycles. The molecule has 0 aromatic heterocycles. The van der Waals surface area contributed by atoms with E-state index in [-0.39, 0.29) is 5.60 Å². The van der Waals surface area contributed by atoms with E-state index in [1.54, 1.807) is 0 Å². The first kappa shape index (κ1) is 17.2. The first-order valence-electron chi connectivity index (χ1n) is 8.96. The van der Waals surface area contributed by atoms with Crippen molar-refractivity contribution in [1.29, 1.82) is 0 Å². The molecule has 0 bridgehead atoms. The molecule has 3 nitrogen and oxygen atoms in total. The third-order valence-corrected chi connectivity index (χ3v) is 6.38. The van der Waals surface area contributed by atoms with E-state index >= 15 is 0 Å². The van der Waals surface area contributed by atoms with Crippen molar-refractivity contribution in [3.8, 4) is 0 Å². The van der Waals surface area contributed by atoms with E-state index < -0.39 is 0 Å². The molecule has 1 saturated carbocycles. The summed E-state index contributed by atoms with van der Waals surface area (Å²) in [6.45, 7) is 12.7. The second kappa shape index (κ2) is 6.55. The summed E-state index contributed by atoms with van der Waals surface area (Å²) < 4.78 is 5.64. The summed E-state index contributed by atoms with van der Waals surface area (Å²) in [4.78, 5) is 2.82. The van der Waals surface area contributed by atoms with Crippen LogP contribution in [-0.2, 0) is 4.74 Å². The topological polar surface area (TPSA) is 24.5 Å². The van der Waals surface area contributed by atoms with E-state index in [9.17, 15) is 0 Å². The maximum Gasteiger partial charge on any atom is 0.0634 e. The van der Waals surface area contributed by atoms with Crippen LogP contribution in [0, 0.1) is 0 Å². The Hall–Kier alpha value is -0.120. The molecule has 2 fully saturated rings.